The topological polar surface area (TPSA) is 50.8 Å². The second kappa shape index (κ2) is 9.60. The summed E-state index contributed by atoms with van der Waals surface area (Å²) in [6.45, 7) is 5.35. The van der Waals surface area contributed by atoms with Crippen molar-refractivity contribution in [3.63, 3.8) is 0 Å². The maximum atomic E-state index is 12.1. The Morgan fingerprint density at radius 2 is 2.19 bits per heavy atom. The van der Waals surface area contributed by atoms with Gasteiger partial charge in [-0.15, -0.1) is 11.3 Å². The number of likely N-dealkylation sites (tertiary alicyclic amines) is 1. The van der Waals surface area contributed by atoms with Gasteiger partial charge in [-0.3, -0.25) is 4.79 Å². The molecule has 1 saturated heterocycles. The molecule has 2 atom stereocenters. The summed E-state index contributed by atoms with van der Waals surface area (Å²) in [6, 6.07) is 2.83. The number of alkyl halides is 3. The highest BCUT2D eigenvalue weighted by atomic mass is 32.1. The van der Waals surface area contributed by atoms with Crippen molar-refractivity contribution in [1.82, 2.24) is 10.2 Å². The van der Waals surface area contributed by atoms with Gasteiger partial charge in [-0.1, -0.05) is 6.92 Å². The summed E-state index contributed by atoms with van der Waals surface area (Å²) < 4.78 is 47.1. The van der Waals surface area contributed by atoms with E-state index < -0.39 is 25.3 Å². The monoisotopic (exact) mass is 474 g/mol. The molecule has 1 N–H and O–H groups in total. The van der Waals surface area contributed by atoms with Gasteiger partial charge in [0.25, 0.3) is 0 Å². The van der Waals surface area contributed by atoms with Gasteiger partial charge in [0.15, 0.2) is 0 Å². The van der Waals surface area contributed by atoms with E-state index >= 15 is 0 Å². The van der Waals surface area contributed by atoms with Crippen molar-refractivity contribution in [2.24, 2.45) is 5.92 Å². The lowest BCUT2D eigenvalue weighted by Gasteiger charge is -2.49. The minimum Gasteiger partial charge on any atom is -0.370 e. The molecule has 180 valence electrons. The van der Waals surface area contributed by atoms with Crippen LogP contribution in [-0.2, 0) is 32.7 Å². The quantitative estimate of drug-likeness (QED) is 0.648. The lowest BCUT2D eigenvalue weighted by atomic mass is 9.76. The van der Waals surface area contributed by atoms with Gasteiger partial charge in [-0.05, 0) is 56.6 Å². The maximum absolute atomic E-state index is 12.1. The summed E-state index contributed by atoms with van der Waals surface area (Å²) in [4.78, 5) is 17.2. The average molecular weight is 475 g/mol. The summed E-state index contributed by atoms with van der Waals surface area (Å²) in [5.74, 6) is 0.0296. The van der Waals surface area contributed by atoms with Crippen molar-refractivity contribution in [2.75, 3.05) is 32.9 Å². The number of rotatable bonds is 7. The summed E-state index contributed by atoms with van der Waals surface area (Å²) in [7, 11) is 0. The Morgan fingerprint density at radius 3 is 2.88 bits per heavy atom. The SMILES string of the molecule is CCc1cc2c(s1)CCO[C@@]21CCN(C[C@H]2C[C@@H](NC(=O)COCC(F)(F)F)C2)[C@@H](C)C1. The van der Waals surface area contributed by atoms with Gasteiger partial charge in [-0.25, -0.2) is 0 Å². The predicted octanol–water partition coefficient (Wildman–Crippen LogP) is 4.04. The van der Waals surface area contributed by atoms with Crippen molar-refractivity contribution >= 4 is 17.2 Å². The summed E-state index contributed by atoms with van der Waals surface area (Å²) in [5, 5.41) is 2.78. The molecule has 1 amide bonds. The van der Waals surface area contributed by atoms with Crippen molar-refractivity contribution in [3.8, 4) is 0 Å². The molecule has 4 rings (SSSR count). The smallest absolute Gasteiger partial charge is 0.370 e. The van der Waals surface area contributed by atoms with E-state index in [2.05, 4.69) is 34.9 Å². The third kappa shape index (κ3) is 5.48. The van der Waals surface area contributed by atoms with E-state index in [0.717, 1.165) is 58.2 Å². The lowest BCUT2D eigenvalue weighted by Crippen LogP contribution is -2.54. The van der Waals surface area contributed by atoms with Crippen LogP contribution in [0.4, 0.5) is 13.2 Å². The van der Waals surface area contributed by atoms with E-state index in [1.807, 2.05) is 11.3 Å². The Bertz CT molecular complexity index is 809. The van der Waals surface area contributed by atoms with Crippen LogP contribution in [-0.4, -0.2) is 62.0 Å². The van der Waals surface area contributed by atoms with Gasteiger partial charge in [0.1, 0.15) is 13.2 Å². The number of fused-ring (bicyclic) bond motifs is 2. The normalized spacial score (nSPS) is 30.7. The number of carbonyl (C=O) groups excluding carboxylic acids is 1. The average Bonchev–Trinajstić information content (AvgIpc) is 3.12. The largest absolute Gasteiger partial charge is 0.411 e. The highest BCUT2D eigenvalue weighted by Gasteiger charge is 2.45. The number of amides is 1. The first-order valence-corrected chi connectivity index (χ1v) is 12.4. The van der Waals surface area contributed by atoms with Crippen LogP contribution in [0.1, 0.15) is 54.8 Å². The standard InChI is InChI=1S/C23H33F3N2O3S/c1-3-18-10-19-20(32-18)4-7-31-22(19)5-6-28(15(2)11-22)12-16-8-17(9-16)27-21(29)13-30-14-23(24,25)26/h10,15-17H,3-9,11-14H2,1-2H3,(H,27,29)/t15-,16-,17+,22+/m0/s1. The van der Waals surface area contributed by atoms with Crippen LogP contribution in [0.2, 0.25) is 0 Å². The summed E-state index contributed by atoms with van der Waals surface area (Å²) in [5.41, 5.74) is 1.29. The number of thiophene rings is 1. The number of piperidine rings is 1. The molecule has 1 spiro atoms. The van der Waals surface area contributed by atoms with Crippen LogP contribution in [0.3, 0.4) is 0 Å². The number of nitrogens with zero attached hydrogens (tertiary/aromatic N) is 1. The van der Waals surface area contributed by atoms with Gasteiger partial charge < -0.3 is 19.7 Å². The molecule has 1 aromatic rings. The minimum absolute atomic E-state index is 0.0379. The number of aryl methyl sites for hydroxylation is 1. The zero-order valence-corrected chi connectivity index (χ0v) is 19.6. The second-order valence-corrected chi connectivity index (χ2v) is 10.7. The van der Waals surface area contributed by atoms with Crippen LogP contribution >= 0.6 is 11.3 Å². The van der Waals surface area contributed by atoms with Gasteiger partial charge >= 0.3 is 6.18 Å². The fraction of sp³-hybridized carbons (Fsp3) is 0.783. The second-order valence-electron chi connectivity index (χ2n) is 9.50. The fourth-order valence-corrected chi connectivity index (χ4v) is 6.59. The van der Waals surface area contributed by atoms with Crippen molar-refractivity contribution in [3.05, 3.63) is 21.4 Å². The molecule has 0 radical (unpaired) electrons. The minimum atomic E-state index is -4.41. The number of carbonyl (C=O) groups is 1. The fourth-order valence-electron chi connectivity index (χ4n) is 5.41. The molecule has 9 heteroatoms. The van der Waals surface area contributed by atoms with Crippen LogP contribution in [0.15, 0.2) is 6.07 Å². The summed E-state index contributed by atoms with van der Waals surface area (Å²) in [6.07, 6.45) is 1.43. The Labute approximate surface area is 191 Å². The van der Waals surface area contributed by atoms with Gasteiger partial charge in [0.2, 0.25) is 5.91 Å². The molecular weight excluding hydrogens is 441 g/mol. The van der Waals surface area contributed by atoms with Gasteiger partial charge in [0, 0.05) is 41.3 Å². The number of nitrogens with one attached hydrogen (secondary N) is 1. The Morgan fingerprint density at radius 1 is 1.41 bits per heavy atom. The Balaban J connectivity index is 1.21. The van der Waals surface area contributed by atoms with Crippen LogP contribution in [0.25, 0.3) is 0 Å². The van der Waals surface area contributed by atoms with Crippen LogP contribution < -0.4 is 5.32 Å². The third-order valence-electron chi connectivity index (χ3n) is 7.05. The number of halogens is 3. The van der Waals surface area contributed by atoms with Gasteiger partial charge in [0.05, 0.1) is 12.2 Å². The Kier molecular flexibility index (Phi) is 7.20. The predicted molar refractivity (Wildman–Crippen MR) is 117 cm³/mol. The maximum Gasteiger partial charge on any atom is 0.411 e. The van der Waals surface area contributed by atoms with E-state index in [4.69, 9.17) is 4.74 Å². The van der Waals surface area contributed by atoms with Crippen LogP contribution in [0.5, 0.6) is 0 Å². The molecule has 5 nitrogen and oxygen atoms in total. The number of ether oxygens (including phenoxy) is 2. The zero-order valence-electron chi connectivity index (χ0n) is 18.8. The molecule has 2 aliphatic heterocycles. The molecule has 0 unspecified atom stereocenters. The van der Waals surface area contributed by atoms with E-state index in [9.17, 15) is 18.0 Å². The number of hydrogen-bond donors (Lipinski definition) is 1. The first kappa shape index (κ1) is 24.0. The van der Waals surface area contributed by atoms with E-state index in [0.29, 0.717) is 12.0 Å². The zero-order chi connectivity index (χ0) is 22.9. The molecule has 1 aliphatic carbocycles. The molecule has 3 aliphatic rings. The molecule has 0 aromatic carbocycles. The molecule has 3 heterocycles. The highest BCUT2D eigenvalue weighted by Crippen LogP contribution is 2.46. The third-order valence-corrected chi connectivity index (χ3v) is 8.39. The van der Waals surface area contributed by atoms with E-state index in [1.165, 1.54) is 15.3 Å². The first-order chi connectivity index (χ1) is 15.2. The van der Waals surface area contributed by atoms with E-state index in [1.54, 1.807) is 0 Å². The molecule has 1 saturated carbocycles. The number of hydrogen-bond acceptors (Lipinski definition) is 5. The first-order valence-electron chi connectivity index (χ1n) is 11.6. The molecule has 32 heavy (non-hydrogen) atoms. The molecule has 2 fully saturated rings. The van der Waals surface area contributed by atoms with Crippen molar-refractivity contribution in [1.29, 1.82) is 0 Å². The van der Waals surface area contributed by atoms with Crippen molar-refractivity contribution < 1.29 is 27.4 Å². The Hall–Kier alpha value is -1.16. The summed E-state index contributed by atoms with van der Waals surface area (Å²) >= 11 is 1.95. The molecular formula is C23H33F3N2O3S. The van der Waals surface area contributed by atoms with Crippen LogP contribution in [0, 0.1) is 5.92 Å². The van der Waals surface area contributed by atoms with E-state index in [-0.39, 0.29) is 11.6 Å². The lowest BCUT2D eigenvalue weighted by molar-refractivity contribution is -0.176. The van der Waals surface area contributed by atoms with Crippen molar-refractivity contribution in [2.45, 2.75) is 76.2 Å². The molecule has 1 aromatic heterocycles. The molecule has 0 bridgehead atoms. The van der Waals surface area contributed by atoms with Gasteiger partial charge in [-0.2, -0.15) is 13.2 Å². The highest BCUT2D eigenvalue weighted by molar-refractivity contribution is 7.12.